The number of hydrogen-bond acceptors (Lipinski definition) is 3. The second-order valence-corrected chi connectivity index (χ2v) is 4.48. The highest BCUT2D eigenvalue weighted by Crippen LogP contribution is 2.11. The van der Waals surface area contributed by atoms with Crippen LogP contribution in [0.2, 0.25) is 0 Å². The van der Waals surface area contributed by atoms with E-state index in [4.69, 9.17) is 9.84 Å². The molecule has 1 fully saturated rings. The summed E-state index contributed by atoms with van der Waals surface area (Å²) in [4.78, 5) is 24.4. The van der Waals surface area contributed by atoms with Crippen LogP contribution in [0.4, 0.5) is 4.79 Å². The third-order valence-electron chi connectivity index (χ3n) is 3.21. The Bertz CT molecular complexity index is 292. The van der Waals surface area contributed by atoms with Gasteiger partial charge < -0.3 is 20.1 Å². The lowest BCUT2D eigenvalue weighted by molar-refractivity contribution is -0.139. The number of carboxylic acid groups (broad SMARTS) is 1. The van der Waals surface area contributed by atoms with E-state index in [1.165, 1.54) is 0 Å². The summed E-state index contributed by atoms with van der Waals surface area (Å²) < 4.78 is 5.24. The topological polar surface area (TPSA) is 78.9 Å². The first kappa shape index (κ1) is 14.8. The number of urea groups is 1. The summed E-state index contributed by atoms with van der Waals surface area (Å²) >= 11 is 0. The molecule has 0 aliphatic carbocycles. The van der Waals surface area contributed by atoms with Crippen molar-refractivity contribution in [1.29, 1.82) is 0 Å². The minimum Gasteiger partial charge on any atom is -0.481 e. The van der Waals surface area contributed by atoms with Crippen molar-refractivity contribution < 1.29 is 19.4 Å². The molecule has 1 aliphatic heterocycles. The zero-order valence-corrected chi connectivity index (χ0v) is 11.0. The Hall–Kier alpha value is -1.30. The molecule has 1 aliphatic rings. The average molecular weight is 258 g/mol. The van der Waals surface area contributed by atoms with Gasteiger partial charge in [0.15, 0.2) is 0 Å². The number of aliphatic carboxylic acids is 1. The standard InChI is InChI=1S/C12H22N2O4/c1-3-9(4-2)13-12(17)14-5-6-18-8-10(14)7-11(15)16/h9-10H,3-8H2,1-2H3,(H,13,17)(H,15,16). The summed E-state index contributed by atoms with van der Waals surface area (Å²) in [6.07, 6.45) is 1.67. The lowest BCUT2D eigenvalue weighted by Crippen LogP contribution is -2.54. The van der Waals surface area contributed by atoms with Crippen molar-refractivity contribution >= 4 is 12.0 Å². The zero-order chi connectivity index (χ0) is 13.5. The molecule has 2 N–H and O–H groups in total. The molecule has 0 aromatic carbocycles. The molecule has 0 bridgehead atoms. The molecule has 1 saturated heterocycles. The molecule has 2 amide bonds. The number of carboxylic acids is 1. The first-order chi connectivity index (χ1) is 8.58. The number of hydrogen-bond donors (Lipinski definition) is 2. The predicted octanol–water partition coefficient (Wildman–Crippen LogP) is 1.06. The van der Waals surface area contributed by atoms with Crippen LogP contribution in [0.25, 0.3) is 0 Å². The van der Waals surface area contributed by atoms with Crippen LogP contribution in [0.3, 0.4) is 0 Å². The molecule has 1 heterocycles. The maximum atomic E-state index is 12.1. The number of ether oxygens (including phenoxy) is 1. The van der Waals surface area contributed by atoms with E-state index < -0.39 is 5.97 Å². The summed E-state index contributed by atoms with van der Waals surface area (Å²) in [6, 6.07) is -0.408. The molecule has 6 nitrogen and oxygen atoms in total. The van der Waals surface area contributed by atoms with Crippen LogP contribution in [-0.4, -0.2) is 53.8 Å². The van der Waals surface area contributed by atoms with E-state index in [2.05, 4.69) is 5.32 Å². The molecule has 18 heavy (non-hydrogen) atoms. The second-order valence-electron chi connectivity index (χ2n) is 4.48. The van der Waals surface area contributed by atoms with Gasteiger partial charge in [-0.25, -0.2) is 4.79 Å². The van der Waals surface area contributed by atoms with Crippen LogP contribution in [0, 0.1) is 0 Å². The molecule has 104 valence electrons. The first-order valence-electron chi connectivity index (χ1n) is 6.45. The Morgan fingerprint density at radius 1 is 1.44 bits per heavy atom. The fraction of sp³-hybridized carbons (Fsp3) is 0.833. The average Bonchev–Trinajstić information content (AvgIpc) is 2.35. The van der Waals surface area contributed by atoms with E-state index in [9.17, 15) is 9.59 Å². The van der Waals surface area contributed by atoms with Crippen molar-refractivity contribution in [3.63, 3.8) is 0 Å². The Morgan fingerprint density at radius 2 is 2.11 bits per heavy atom. The van der Waals surface area contributed by atoms with Gasteiger partial charge in [-0.2, -0.15) is 0 Å². The number of nitrogens with zero attached hydrogens (tertiary/aromatic N) is 1. The van der Waals surface area contributed by atoms with E-state index >= 15 is 0 Å². The Labute approximate surface area is 107 Å². The van der Waals surface area contributed by atoms with E-state index in [-0.39, 0.29) is 24.5 Å². The smallest absolute Gasteiger partial charge is 0.318 e. The number of carbonyl (C=O) groups is 2. The molecule has 6 heteroatoms. The molecule has 1 rings (SSSR count). The number of carbonyl (C=O) groups excluding carboxylic acids is 1. The molecule has 0 spiro atoms. The number of rotatable bonds is 5. The van der Waals surface area contributed by atoms with Crippen molar-refractivity contribution in [2.45, 2.75) is 45.2 Å². The van der Waals surface area contributed by atoms with Crippen LogP contribution < -0.4 is 5.32 Å². The SMILES string of the molecule is CCC(CC)NC(=O)N1CCOCC1CC(=O)O. The summed E-state index contributed by atoms with van der Waals surface area (Å²) in [7, 11) is 0. The van der Waals surface area contributed by atoms with Crippen molar-refractivity contribution in [2.75, 3.05) is 19.8 Å². The van der Waals surface area contributed by atoms with E-state index in [0.29, 0.717) is 19.8 Å². The molecule has 0 saturated carbocycles. The Morgan fingerprint density at radius 3 is 2.67 bits per heavy atom. The maximum Gasteiger partial charge on any atom is 0.318 e. The molecule has 1 atom stereocenters. The lowest BCUT2D eigenvalue weighted by atomic mass is 10.1. The number of nitrogens with one attached hydrogen (secondary N) is 1. The van der Waals surface area contributed by atoms with Crippen LogP contribution in [0.5, 0.6) is 0 Å². The highest BCUT2D eigenvalue weighted by molar-refractivity contribution is 5.76. The van der Waals surface area contributed by atoms with Gasteiger partial charge in [0.05, 0.1) is 25.7 Å². The fourth-order valence-corrected chi connectivity index (χ4v) is 2.04. The zero-order valence-electron chi connectivity index (χ0n) is 11.0. The van der Waals surface area contributed by atoms with Gasteiger partial charge in [-0.05, 0) is 12.8 Å². The third kappa shape index (κ3) is 4.18. The minimum atomic E-state index is -0.911. The quantitative estimate of drug-likeness (QED) is 0.773. The summed E-state index contributed by atoms with van der Waals surface area (Å²) in [5.41, 5.74) is 0. The van der Waals surface area contributed by atoms with Gasteiger partial charge in [0.1, 0.15) is 0 Å². The van der Waals surface area contributed by atoms with Gasteiger partial charge in [-0.15, -0.1) is 0 Å². The largest absolute Gasteiger partial charge is 0.481 e. The highest BCUT2D eigenvalue weighted by atomic mass is 16.5. The Balaban J connectivity index is 2.59. The van der Waals surface area contributed by atoms with E-state index in [0.717, 1.165) is 12.8 Å². The molecule has 0 aromatic heterocycles. The van der Waals surface area contributed by atoms with Gasteiger partial charge in [0.25, 0.3) is 0 Å². The third-order valence-corrected chi connectivity index (χ3v) is 3.21. The van der Waals surface area contributed by atoms with Crippen molar-refractivity contribution in [2.24, 2.45) is 0 Å². The van der Waals surface area contributed by atoms with Crippen molar-refractivity contribution in [3.8, 4) is 0 Å². The van der Waals surface area contributed by atoms with E-state index in [1.807, 2.05) is 13.8 Å². The fourth-order valence-electron chi connectivity index (χ4n) is 2.04. The number of amides is 2. The van der Waals surface area contributed by atoms with Crippen molar-refractivity contribution in [1.82, 2.24) is 10.2 Å². The number of morpholine rings is 1. The first-order valence-corrected chi connectivity index (χ1v) is 6.45. The van der Waals surface area contributed by atoms with Gasteiger partial charge in [-0.3, -0.25) is 4.79 Å². The van der Waals surface area contributed by atoms with Gasteiger partial charge in [-0.1, -0.05) is 13.8 Å². The molecular weight excluding hydrogens is 236 g/mol. The monoisotopic (exact) mass is 258 g/mol. The second kappa shape index (κ2) is 7.20. The van der Waals surface area contributed by atoms with Crippen LogP contribution in [0.1, 0.15) is 33.1 Å². The normalized spacial score (nSPS) is 19.9. The summed E-state index contributed by atoms with van der Waals surface area (Å²) in [5.74, 6) is -0.911. The lowest BCUT2D eigenvalue weighted by Gasteiger charge is -2.35. The predicted molar refractivity (Wildman–Crippen MR) is 66.5 cm³/mol. The van der Waals surface area contributed by atoms with Crippen molar-refractivity contribution in [3.05, 3.63) is 0 Å². The van der Waals surface area contributed by atoms with Crippen LogP contribution in [-0.2, 0) is 9.53 Å². The Kier molecular flexibility index (Phi) is 5.91. The van der Waals surface area contributed by atoms with Gasteiger partial charge in [0, 0.05) is 12.6 Å². The molecular formula is C12H22N2O4. The van der Waals surface area contributed by atoms with Gasteiger partial charge >= 0.3 is 12.0 Å². The maximum absolute atomic E-state index is 12.1. The summed E-state index contributed by atoms with van der Waals surface area (Å²) in [6.45, 7) is 5.24. The highest BCUT2D eigenvalue weighted by Gasteiger charge is 2.29. The van der Waals surface area contributed by atoms with Gasteiger partial charge in [0.2, 0.25) is 0 Å². The summed E-state index contributed by atoms with van der Waals surface area (Å²) in [5, 5.41) is 11.8. The van der Waals surface area contributed by atoms with E-state index in [1.54, 1.807) is 4.90 Å². The molecule has 0 aromatic rings. The minimum absolute atomic E-state index is 0.0731. The molecule has 1 unspecified atom stereocenters. The van der Waals surface area contributed by atoms with Crippen LogP contribution >= 0.6 is 0 Å². The van der Waals surface area contributed by atoms with Crippen LogP contribution in [0.15, 0.2) is 0 Å². The molecule has 0 radical (unpaired) electrons.